The molecule has 0 fully saturated rings. The highest BCUT2D eigenvalue weighted by molar-refractivity contribution is 6.02. The average molecular weight is 357 g/mol. The number of nitrogens with one attached hydrogen (secondary N) is 1. The van der Waals surface area contributed by atoms with Crippen LogP contribution >= 0.6 is 0 Å². The molecule has 1 aromatic carbocycles. The number of allylic oxidation sites excluding steroid dienone is 1. The Balaban J connectivity index is 1.95. The highest BCUT2D eigenvalue weighted by Gasteiger charge is 2.40. The number of ether oxygens (including phenoxy) is 2. The van der Waals surface area contributed by atoms with Crippen LogP contribution in [0.3, 0.4) is 0 Å². The third-order valence-electron chi connectivity index (χ3n) is 4.59. The van der Waals surface area contributed by atoms with Crippen LogP contribution < -0.4 is 10.1 Å². The maximum absolute atomic E-state index is 13.1. The van der Waals surface area contributed by atoms with Gasteiger partial charge in [0, 0.05) is 33.5 Å². The maximum Gasteiger partial charge on any atom is 0.260 e. The fourth-order valence-electron chi connectivity index (χ4n) is 3.19. The molecule has 7 nitrogen and oxygen atoms in total. The number of likely N-dealkylation sites (N-methyl/N-ethyl adjacent to an activating group) is 1. The zero-order valence-electron chi connectivity index (χ0n) is 15.4. The van der Waals surface area contributed by atoms with Gasteiger partial charge in [-0.05, 0) is 24.1 Å². The number of para-hydroxylation sites is 1. The monoisotopic (exact) mass is 357 g/mol. The molecule has 7 heteroatoms. The highest BCUT2D eigenvalue weighted by Crippen LogP contribution is 2.37. The molecule has 1 aromatic rings. The molecule has 0 saturated carbocycles. The largest absolute Gasteiger partial charge is 0.495 e. The molecule has 2 aliphatic heterocycles. The van der Waals surface area contributed by atoms with Gasteiger partial charge in [-0.3, -0.25) is 9.59 Å². The summed E-state index contributed by atoms with van der Waals surface area (Å²) in [7, 11) is 6.56. The van der Waals surface area contributed by atoms with Crippen molar-refractivity contribution in [2.45, 2.75) is 18.7 Å². The van der Waals surface area contributed by atoms with Crippen molar-refractivity contribution in [1.82, 2.24) is 9.80 Å². The Hall–Kier alpha value is -2.80. The summed E-state index contributed by atoms with van der Waals surface area (Å²) in [4.78, 5) is 28.0. The molecule has 2 heterocycles. The van der Waals surface area contributed by atoms with Crippen LogP contribution in [0, 0.1) is 0 Å². The van der Waals surface area contributed by atoms with Gasteiger partial charge in [0.25, 0.3) is 5.91 Å². The summed E-state index contributed by atoms with van der Waals surface area (Å²) in [6, 6.07) is 5.15. The van der Waals surface area contributed by atoms with Crippen LogP contribution in [-0.2, 0) is 9.53 Å². The predicted molar refractivity (Wildman–Crippen MR) is 97.9 cm³/mol. The zero-order chi connectivity index (χ0) is 18.8. The number of nitrogens with zero attached hydrogens (tertiary/aromatic N) is 2. The lowest BCUT2D eigenvalue weighted by molar-refractivity contribution is -0.123. The number of anilines is 1. The van der Waals surface area contributed by atoms with Gasteiger partial charge in [0.05, 0.1) is 24.4 Å². The second kappa shape index (κ2) is 7.21. The molecule has 138 valence electrons. The van der Waals surface area contributed by atoms with Gasteiger partial charge in [0.2, 0.25) is 5.91 Å². The molecule has 3 rings (SSSR count). The molecule has 0 spiro atoms. The van der Waals surface area contributed by atoms with Crippen molar-refractivity contribution in [1.29, 1.82) is 0 Å². The van der Waals surface area contributed by atoms with E-state index in [1.54, 1.807) is 63.7 Å². The quantitative estimate of drug-likeness (QED) is 0.833. The van der Waals surface area contributed by atoms with Crippen molar-refractivity contribution in [3.63, 3.8) is 0 Å². The molecule has 2 aliphatic rings. The summed E-state index contributed by atoms with van der Waals surface area (Å²) < 4.78 is 11.0. The maximum atomic E-state index is 13.1. The molecule has 0 aliphatic carbocycles. The van der Waals surface area contributed by atoms with Crippen molar-refractivity contribution < 1.29 is 19.1 Å². The van der Waals surface area contributed by atoms with Gasteiger partial charge in [0.15, 0.2) is 0 Å². The van der Waals surface area contributed by atoms with Gasteiger partial charge < -0.3 is 24.6 Å². The minimum absolute atomic E-state index is 0.101. The second-order valence-corrected chi connectivity index (χ2v) is 6.44. The number of benzene rings is 1. The van der Waals surface area contributed by atoms with Gasteiger partial charge in [-0.1, -0.05) is 12.1 Å². The Bertz CT molecular complexity index is 785. The molecule has 0 saturated heterocycles. The van der Waals surface area contributed by atoms with E-state index in [1.165, 1.54) is 11.0 Å². The SMILES string of the molecule is COc1cccc2c1N[C@H](OC)[C@@H]1CC(C=CC(=O)N(C)C)=CN1C2=O. The van der Waals surface area contributed by atoms with Crippen molar-refractivity contribution in [3.8, 4) is 5.75 Å². The van der Waals surface area contributed by atoms with E-state index >= 15 is 0 Å². The van der Waals surface area contributed by atoms with Crippen molar-refractivity contribution in [3.05, 3.63) is 47.7 Å². The van der Waals surface area contributed by atoms with Crippen LogP contribution in [0.15, 0.2) is 42.1 Å². The number of amides is 2. The molecule has 0 bridgehead atoms. The number of rotatable bonds is 4. The minimum atomic E-state index is -0.400. The summed E-state index contributed by atoms with van der Waals surface area (Å²) in [6.45, 7) is 0. The predicted octanol–water partition coefficient (Wildman–Crippen LogP) is 1.84. The lowest BCUT2D eigenvalue weighted by atomic mass is 10.1. The van der Waals surface area contributed by atoms with Gasteiger partial charge in [-0.2, -0.15) is 0 Å². The van der Waals surface area contributed by atoms with Crippen LogP contribution in [-0.4, -0.2) is 62.2 Å². The summed E-state index contributed by atoms with van der Waals surface area (Å²) >= 11 is 0. The van der Waals surface area contributed by atoms with Crippen LogP contribution in [0.25, 0.3) is 0 Å². The molecule has 0 radical (unpaired) electrons. The summed E-state index contributed by atoms with van der Waals surface area (Å²) in [6.07, 6.45) is 5.24. The van der Waals surface area contributed by atoms with Crippen LogP contribution in [0.5, 0.6) is 5.75 Å². The molecule has 0 aromatic heterocycles. The Morgan fingerprint density at radius 2 is 2.12 bits per heavy atom. The number of hydrogen-bond acceptors (Lipinski definition) is 5. The van der Waals surface area contributed by atoms with Crippen molar-refractivity contribution in [2.75, 3.05) is 33.6 Å². The number of hydrogen-bond donors (Lipinski definition) is 1. The highest BCUT2D eigenvalue weighted by atomic mass is 16.5. The van der Waals surface area contributed by atoms with Gasteiger partial charge >= 0.3 is 0 Å². The smallest absolute Gasteiger partial charge is 0.260 e. The number of methoxy groups -OCH3 is 2. The van der Waals surface area contributed by atoms with Crippen LogP contribution in [0.4, 0.5) is 5.69 Å². The third kappa shape index (κ3) is 3.17. The van der Waals surface area contributed by atoms with E-state index in [2.05, 4.69) is 5.32 Å². The molecule has 1 N–H and O–H groups in total. The Morgan fingerprint density at radius 3 is 2.77 bits per heavy atom. The summed E-state index contributed by atoms with van der Waals surface area (Å²) in [5.41, 5.74) is 2.06. The molecular formula is C19H23N3O4. The van der Waals surface area contributed by atoms with Gasteiger partial charge in [-0.25, -0.2) is 0 Å². The zero-order valence-corrected chi connectivity index (χ0v) is 15.4. The van der Waals surface area contributed by atoms with Crippen LogP contribution in [0.2, 0.25) is 0 Å². The first kappa shape index (κ1) is 18.0. The van der Waals surface area contributed by atoms with Gasteiger partial charge in [-0.15, -0.1) is 0 Å². The molecule has 0 unspecified atom stereocenters. The number of carbonyl (C=O) groups is 2. The van der Waals surface area contributed by atoms with E-state index in [0.717, 1.165) is 5.57 Å². The van der Waals surface area contributed by atoms with E-state index in [0.29, 0.717) is 23.4 Å². The Morgan fingerprint density at radius 1 is 1.35 bits per heavy atom. The Labute approximate surface area is 152 Å². The molecule has 26 heavy (non-hydrogen) atoms. The second-order valence-electron chi connectivity index (χ2n) is 6.44. The van der Waals surface area contributed by atoms with E-state index in [9.17, 15) is 9.59 Å². The van der Waals surface area contributed by atoms with E-state index in [1.807, 2.05) is 0 Å². The Kier molecular flexibility index (Phi) is 4.99. The van der Waals surface area contributed by atoms with Crippen molar-refractivity contribution in [2.24, 2.45) is 0 Å². The molecule has 2 amide bonds. The molecule has 2 atom stereocenters. The fourth-order valence-corrected chi connectivity index (χ4v) is 3.19. The lowest BCUT2D eigenvalue weighted by Gasteiger charge is -2.27. The minimum Gasteiger partial charge on any atom is -0.495 e. The first-order valence-electron chi connectivity index (χ1n) is 8.35. The van der Waals surface area contributed by atoms with Crippen molar-refractivity contribution >= 4 is 17.5 Å². The average Bonchev–Trinajstić information content (AvgIpc) is 3.02. The first-order chi connectivity index (χ1) is 12.5. The van der Waals surface area contributed by atoms with E-state index < -0.39 is 6.23 Å². The van der Waals surface area contributed by atoms with E-state index in [4.69, 9.17) is 9.47 Å². The van der Waals surface area contributed by atoms with Gasteiger partial charge in [0.1, 0.15) is 12.0 Å². The molecular weight excluding hydrogens is 334 g/mol. The number of fused-ring (bicyclic) bond motifs is 2. The third-order valence-corrected chi connectivity index (χ3v) is 4.59. The number of carbonyl (C=O) groups excluding carboxylic acids is 2. The fraction of sp³-hybridized carbons (Fsp3) is 0.368. The normalized spacial score (nSPS) is 21.6. The summed E-state index contributed by atoms with van der Waals surface area (Å²) in [5, 5.41) is 3.29. The van der Waals surface area contributed by atoms with Crippen LogP contribution in [0.1, 0.15) is 16.8 Å². The standard InChI is InChI=1S/C19H23N3O4/c1-21(2)16(23)9-8-12-10-14-18(26-4)20-17-13(19(24)22(14)11-12)6-5-7-15(17)25-3/h5-9,11,14,18,20H,10H2,1-4H3/t14-,18+/m0/s1. The summed E-state index contributed by atoms with van der Waals surface area (Å²) in [5.74, 6) is 0.369. The topological polar surface area (TPSA) is 71.1 Å². The lowest BCUT2D eigenvalue weighted by Crippen LogP contribution is -2.43. The first-order valence-corrected chi connectivity index (χ1v) is 8.35. The van der Waals surface area contributed by atoms with E-state index in [-0.39, 0.29) is 17.9 Å².